The van der Waals surface area contributed by atoms with Crippen LogP contribution in [0.3, 0.4) is 0 Å². The van der Waals surface area contributed by atoms with E-state index in [0.29, 0.717) is 0 Å². The molecule has 10 heteroatoms. The van der Waals surface area contributed by atoms with E-state index in [0.717, 1.165) is 35.9 Å². The van der Waals surface area contributed by atoms with E-state index in [1.807, 2.05) is 0 Å². The largest absolute Gasteiger partial charge is 0.451 e. The van der Waals surface area contributed by atoms with E-state index < -0.39 is 53.6 Å². The van der Waals surface area contributed by atoms with Crippen molar-refractivity contribution in [3.05, 3.63) is 29.8 Å². The van der Waals surface area contributed by atoms with Gasteiger partial charge in [-0.3, -0.25) is 19.3 Å². The molecule has 3 rings (SSSR count). The summed E-state index contributed by atoms with van der Waals surface area (Å²) in [5.41, 5.74) is -1.03. The summed E-state index contributed by atoms with van der Waals surface area (Å²) in [5, 5.41) is 4.88. The van der Waals surface area contributed by atoms with Gasteiger partial charge in [-0.15, -0.1) is 0 Å². The first kappa shape index (κ1) is 19.7. The zero-order valence-electron chi connectivity index (χ0n) is 15.3. The molecule has 0 aromatic heterocycles. The zero-order valence-corrected chi connectivity index (χ0v) is 15.3. The average molecular weight is 395 g/mol. The standard InChI is InChI=1S/C18H19F2N3O5/c1-9(15(25)21-11-5-6-12(19)13(20)7-11)28-14(24)8-23-16(26)18(2,10-3-4-10)22-17(23)27/h5-7,9-10H,3-4,8H2,1-2H3,(H,21,25)(H,22,27)/t9-,18-/m1/s1. The molecule has 0 unspecified atom stereocenters. The van der Waals surface area contributed by atoms with E-state index in [4.69, 9.17) is 4.74 Å². The topological polar surface area (TPSA) is 105 Å². The Kier molecular flexibility index (Phi) is 5.05. The molecule has 1 heterocycles. The molecule has 0 bridgehead atoms. The van der Waals surface area contributed by atoms with Crippen LogP contribution in [0.4, 0.5) is 19.3 Å². The lowest BCUT2D eigenvalue weighted by molar-refractivity contribution is -0.155. The Labute approximate surface area is 159 Å². The molecule has 150 valence electrons. The van der Waals surface area contributed by atoms with Crippen molar-refractivity contribution in [2.24, 2.45) is 5.92 Å². The van der Waals surface area contributed by atoms with Gasteiger partial charge in [0.2, 0.25) is 0 Å². The number of carbonyl (C=O) groups is 4. The van der Waals surface area contributed by atoms with Gasteiger partial charge >= 0.3 is 12.0 Å². The van der Waals surface area contributed by atoms with Crippen LogP contribution in [0, 0.1) is 17.6 Å². The van der Waals surface area contributed by atoms with Crippen molar-refractivity contribution in [3.8, 4) is 0 Å². The van der Waals surface area contributed by atoms with Crippen LogP contribution < -0.4 is 10.6 Å². The van der Waals surface area contributed by atoms with Crippen molar-refractivity contribution < 1.29 is 32.7 Å². The molecule has 1 saturated carbocycles. The van der Waals surface area contributed by atoms with Gasteiger partial charge in [-0.1, -0.05) is 0 Å². The number of esters is 1. The predicted molar refractivity (Wildman–Crippen MR) is 91.9 cm³/mol. The van der Waals surface area contributed by atoms with Crippen molar-refractivity contribution in [2.75, 3.05) is 11.9 Å². The van der Waals surface area contributed by atoms with Gasteiger partial charge < -0.3 is 15.4 Å². The van der Waals surface area contributed by atoms with Crippen LogP contribution in [0.5, 0.6) is 0 Å². The van der Waals surface area contributed by atoms with Gasteiger partial charge in [-0.05, 0) is 44.7 Å². The lowest BCUT2D eigenvalue weighted by atomic mass is 9.96. The number of rotatable bonds is 6. The summed E-state index contributed by atoms with van der Waals surface area (Å²) in [6.07, 6.45) is 0.362. The van der Waals surface area contributed by atoms with Gasteiger partial charge in [0.05, 0.1) is 0 Å². The fourth-order valence-electron chi connectivity index (χ4n) is 3.03. The van der Waals surface area contributed by atoms with E-state index in [2.05, 4.69) is 10.6 Å². The molecule has 1 aliphatic carbocycles. The van der Waals surface area contributed by atoms with Crippen LogP contribution >= 0.6 is 0 Å². The Bertz CT molecular complexity index is 858. The summed E-state index contributed by atoms with van der Waals surface area (Å²) in [7, 11) is 0. The van der Waals surface area contributed by atoms with Crippen molar-refractivity contribution in [1.82, 2.24) is 10.2 Å². The smallest absolute Gasteiger partial charge is 0.327 e. The SMILES string of the molecule is C[C@@H](OC(=O)CN1C(=O)N[C@](C)(C2CC2)C1=O)C(=O)Nc1ccc(F)c(F)c1. The first-order valence-corrected chi connectivity index (χ1v) is 8.71. The van der Waals surface area contributed by atoms with Crippen LogP contribution in [0.25, 0.3) is 0 Å². The lowest BCUT2D eigenvalue weighted by Crippen LogP contribution is -2.46. The summed E-state index contributed by atoms with van der Waals surface area (Å²) in [6, 6.07) is 2.09. The second-order valence-electron chi connectivity index (χ2n) is 7.05. The third-order valence-electron chi connectivity index (χ3n) is 4.85. The molecular formula is C18H19F2N3O5. The van der Waals surface area contributed by atoms with E-state index in [1.54, 1.807) is 6.92 Å². The molecule has 2 aliphatic rings. The van der Waals surface area contributed by atoms with E-state index >= 15 is 0 Å². The zero-order chi connectivity index (χ0) is 20.6. The van der Waals surface area contributed by atoms with Gasteiger partial charge in [-0.2, -0.15) is 0 Å². The maximum atomic E-state index is 13.2. The number of anilines is 1. The number of halogens is 2. The van der Waals surface area contributed by atoms with Gasteiger partial charge in [0.25, 0.3) is 11.8 Å². The van der Waals surface area contributed by atoms with E-state index in [9.17, 15) is 28.0 Å². The second kappa shape index (κ2) is 7.17. The highest BCUT2D eigenvalue weighted by Gasteiger charge is 2.56. The third kappa shape index (κ3) is 3.80. The Morgan fingerprint density at radius 3 is 2.61 bits per heavy atom. The summed E-state index contributed by atoms with van der Waals surface area (Å²) in [4.78, 5) is 49.4. The Morgan fingerprint density at radius 1 is 1.32 bits per heavy atom. The highest BCUT2D eigenvalue weighted by Crippen LogP contribution is 2.42. The van der Waals surface area contributed by atoms with Crippen LogP contribution in [-0.2, 0) is 19.1 Å². The van der Waals surface area contributed by atoms with Crippen LogP contribution in [0.15, 0.2) is 18.2 Å². The number of hydrogen-bond donors (Lipinski definition) is 2. The molecule has 8 nitrogen and oxygen atoms in total. The molecule has 1 aromatic rings. The summed E-state index contributed by atoms with van der Waals surface area (Å²) < 4.78 is 31.0. The lowest BCUT2D eigenvalue weighted by Gasteiger charge is -2.21. The molecule has 1 aromatic carbocycles. The monoisotopic (exact) mass is 395 g/mol. The van der Waals surface area contributed by atoms with E-state index in [1.165, 1.54) is 6.92 Å². The number of nitrogens with one attached hydrogen (secondary N) is 2. The van der Waals surface area contributed by atoms with Gasteiger partial charge in [-0.25, -0.2) is 13.6 Å². The molecule has 1 saturated heterocycles. The number of carbonyl (C=O) groups excluding carboxylic acids is 4. The molecule has 2 fully saturated rings. The van der Waals surface area contributed by atoms with Crippen LogP contribution in [-0.4, -0.2) is 46.9 Å². The number of amides is 4. The first-order valence-electron chi connectivity index (χ1n) is 8.71. The number of benzene rings is 1. The highest BCUT2D eigenvalue weighted by atomic mass is 19.2. The van der Waals surface area contributed by atoms with Crippen molar-refractivity contribution in [1.29, 1.82) is 0 Å². The first-order chi connectivity index (χ1) is 13.1. The number of nitrogens with zero attached hydrogens (tertiary/aromatic N) is 1. The highest BCUT2D eigenvalue weighted by molar-refractivity contribution is 6.09. The third-order valence-corrected chi connectivity index (χ3v) is 4.85. The quantitative estimate of drug-likeness (QED) is 0.562. The number of ether oxygens (including phenoxy) is 1. The average Bonchev–Trinajstić information content (AvgIpc) is 3.44. The molecule has 2 N–H and O–H groups in total. The van der Waals surface area contributed by atoms with E-state index in [-0.39, 0.29) is 11.6 Å². The predicted octanol–water partition coefficient (Wildman–Crippen LogP) is 1.56. The Hall–Kier alpha value is -3.04. The minimum Gasteiger partial charge on any atom is -0.451 e. The number of urea groups is 1. The summed E-state index contributed by atoms with van der Waals surface area (Å²) in [6.45, 7) is 2.26. The van der Waals surface area contributed by atoms with Crippen molar-refractivity contribution in [3.63, 3.8) is 0 Å². The normalized spacial score (nSPS) is 22.6. The second-order valence-corrected chi connectivity index (χ2v) is 7.05. The van der Waals surface area contributed by atoms with Gasteiger partial charge in [0.15, 0.2) is 17.7 Å². The number of imide groups is 1. The molecule has 2 atom stereocenters. The van der Waals surface area contributed by atoms with Gasteiger partial charge in [0, 0.05) is 11.8 Å². The maximum absolute atomic E-state index is 13.2. The molecule has 0 spiro atoms. The number of hydrogen-bond acceptors (Lipinski definition) is 5. The summed E-state index contributed by atoms with van der Waals surface area (Å²) in [5.74, 6) is -4.39. The fourth-order valence-corrected chi connectivity index (χ4v) is 3.03. The van der Waals surface area contributed by atoms with Crippen LogP contribution in [0.1, 0.15) is 26.7 Å². The molecule has 4 amide bonds. The molecule has 28 heavy (non-hydrogen) atoms. The molecule has 1 aliphatic heterocycles. The van der Waals surface area contributed by atoms with Gasteiger partial charge in [0.1, 0.15) is 12.1 Å². The molecule has 0 radical (unpaired) electrons. The minimum absolute atomic E-state index is 0.0129. The Balaban J connectivity index is 1.55. The van der Waals surface area contributed by atoms with Crippen molar-refractivity contribution in [2.45, 2.75) is 38.3 Å². The summed E-state index contributed by atoms with van der Waals surface area (Å²) >= 11 is 0. The van der Waals surface area contributed by atoms with Crippen molar-refractivity contribution >= 4 is 29.5 Å². The van der Waals surface area contributed by atoms with Crippen LogP contribution in [0.2, 0.25) is 0 Å². The minimum atomic E-state index is -1.28. The maximum Gasteiger partial charge on any atom is 0.327 e. The Morgan fingerprint density at radius 2 is 2.00 bits per heavy atom. The fraction of sp³-hybridized carbons (Fsp3) is 0.444. The molecular weight excluding hydrogens is 376 g/mol.